The Morgan fingerprint density at radius 1 is 1.16 bits per heavy atom. The van der Waals surface area contributed by atoms with Crippen LogP contribution in [-0.4, -0.2) is 79.6 Å². The van der Waals surface area contributed by atoms with Crippen LogP contribution >= 0.6 is 11.6 Å². The molecule has 0 aromatic heterocycles. The molecule has 1 atom stereocenters. The maximum Gasteiger partial charge on any atom is 0.260 e. The van der Waals surface area contributed by atoms with Crippen molar-refractivity contribution >= 4 is 29.1 Å². The van der Waals surface area contributed by atoms with E-state index in [-0.39, 0.29) is 31.1 Å². The minimum Gasteiger partial charge on any atom is -0.497 e. The molecule has 10 nitrogen and oxygen atoms in total. The molecule has 0 unspecified atom stereocenters. The number of rotatable bonds is 11. The lowest BCUT2D eigenvalue weighted by atomic mass is 10.0. The zero-order chi connectivity index (χ0) is 26.9. The molecule has 204 valence electrons. The molecule has 1 fully saturated rings. The van der Waals surface area contributed by atoms with Gasteiger partial charge in [-0.1, -0.05) is 11.6 Å². The summed E-state index contributed by atoms with van der Waals surface area (Å²) in [6.45, 7) is 1.70. The second-order valence-corrected chi connectivity index (χ2v) is 9.64. The largest absolute Gasteiger partial charge is 0.497 e. The van der Waals surface area contributed by atoms with Gasteiger partial charge in [0.25, 0.3) is 5.91 Å². The molecule has 2 aromatic rings. The molecule has 0 bridgehead atoms. The number of ether oxygens (including phenoxy) is 3. The molecule has 3 N–H and O–H groups in total. The topological polar surface area (TPSA) is 122 Å². The quantitative estimate of drug-likeness (QED) is 0.397. The average molecular weight is 545 g/mol. The van der Waals surface area contributed by atoms with Crippen LogP contribution in [0.4, 0.5) is 0 Å². The summed E-state index contributed by atoms with van der Waals surface area (Å²) in [4.78, 5) is 25.7. The van der Waals surface area contributed by atoms with Gasteiger partial charge in [-0.2, -0.15) is 5.10 Å². The van der Waals surface area contributed by atoms with Crippen molar-refractivity contribution in [2.75, 3.05) is 40.0 Å². The van der Waals surface area contributed by atoms with Crippen LogP contribution in [0.3, 0.4) is 0 Å². The maximum atomic E-state index is 12.7. The van der Waals surface area contributed by atoms with Crippen LogP contribution in [0.15, 0.2) is 47.6 Å². The van der Waals surface area contributed by atoms with Gasteiger partial charge in [0, 0.05) is 38.5 Å². The Morgan fingerprint density at radius 3 is 2.55 bits per heavy atom. The van der Waals surface area contributed by atoms with E-state index in [1.807, 2.05) is 6.07 Å². The summed E-state index contributed by atoms with van der Waals surface area (Å²) < 4.78 is 16.4. The number of methoxy groups -OCH3 is 1. The van der Waals surface area contributed by atoms with Crippen LogP contribution in [0.5, 0.6) is 17.2 Å². The summed E-state index contributed by atoms with van der Waals surface area (Å²) in [7, 11) is 1.61. The van der Waals surface area contributed by atoms with E-state index in [4.69, 9.17) is 25.8 Å². The summed E-state index contributed by atoms with van der Waals surface area (Å²) in [6, 6.07) is 12.7. The van der Waals surface area contributed by atoms with E-state index in [0.29, 0.717) is 49.0 Å². The van der Waals surface area contributed by atoms with Gasteiger partial charge < -0.3 is 29.5 Å². The predicted octanol–water partition coefficient (Wildman–Crippen LogP) is 2.36. The molecule has 0 saturated carbocycles. The third-order valence-corrected chi connectivity index (χ3v) is 6.81. The highest BCUT2D eigenvalue weighted by Crippen LogP contribution is 2.27. The van der Waals surface area contributed by atoms with Crippen LogP contribution in [0.2, 0.25) is 5.02 Å². The molecule has 2 aliphatic rings. The Bertz CT molecular complexity index is 1130. The SMILES string of the molecule is COc1ccc(OC[C@@H](O)CNC2CCN(C(=O)COc3ccc(C4=NNC(=O)CC4)cc3Cl)CC2)cc1. The average Bonchev–Trinajstić information content (AvgIpc) is 2.95. The molecule has 2 amide bonds. The number of carbonyl (C=O) groups is 2. The Morgan fingerprint density at radius 2 is 1.89 bits per heavy atom. The fourth-order valence-corrected chi connectivity index (χ4v) is 4.50. The number of amides is 2. The molecule has 0 spiro atoms. The molecule has 2 aromatic carbocycles. The Balaban J connectivity index is 1.14. The summed E-state index contributed by atoms with van der Waals surface area (Å²) in [5.74, 6) is 1.64. The molecule has 2 aliphatic heterocycles. The van der Waals surface area contributed by atoms with E-state index < -0.39 is 6.10 Å². The monoisotopic (exact) mass is 544 g/mol. The number of aliphatic hydroxyl groups is 1. The van der Waals surface area contributed by atoms with E-state index in [9.17, 15) is 14.7 Å². The summed E-state index contributed by atoms with van der Waals surface area (Å²) in [5.41, 5.74) is 4.03. The summed E-state index contributed by atoms with van der Waals surface area (Å²) in [5, 5.41) is 18.1. The highest BCUT2D eigenvalue weighted by molar-refractivity contribution is 6.32. The number of hydrazone groups is 1. The van der Waals surface area contributed by atoms with E-state index >= 15 is 0 Å². The van der Waals surface area contributed by atoms with Crippen molar-refractivity contribution in [2.45, 2.75) is 37.8 Å². The zero-order valence-corrected chi connectivity index (χ0v) is 22.1. The first-order valence-electron chi connectivity index (χ1n) is 12.7. The smallest absolute Gasteiger partial charge is 0.260 e. The molecule has 0 aliphatic carbocycles. The first kappa shape index (κ1) is 27.7. The van der Waals surface area contributed by atoms with Gasteiger partial charge in [0.15, 0.2) is 6.61 Å². The summed E-state index contributed by atoms with van der Waals surface area (Å²) >= 11 is 6.36. The van der Waals surface area contributed by atoms with Crippen LogP contribution in [-0.2, 0) is 9.59 Å². The van der Waals surface area contributed by atoms with Crippen molar-refractivity contribution in [1.29, 1.82) is 0 Å². The number of nitrogens with one attached hydrogen (secondary N) is 2. The minimum atomic E-state index is -0.648. The fraction of sp³-hybridized carbons (Fsp3) is 0.444. The number of hydrogen-bond acceptors (Lipinski definition) is 8. The van der Waals surface area contributed by atoms with Gasteiger partial charge in [0.2, 0.25) is 5.91 Å². The predicted molar refractivity (Wildman–Crippen MR) is 143 cm³/mol. The lowest BCUT2D eigenvalue weighted by Crippen LogP contribution is -2.48. The lowest BCUT2D eigenvalue weighted by molar-refractivity contribution is -0.134. The van der Waals surface area contributed by atoms with Gasteiger partial charge >= 0.3 is 0 Å². The van der Waals surface area contributed by atoms with Crippen LogP contribution in [0.1, 0.15) is 31.2 Å². The van der Waals surface area contributed by atoms with Gasteiger partial charge in [0.1, 0.15) is 30.0 Å². The third-order valence-electron chi connectivity index (χ3n) is 6.51. The Kier molecular flexibility index (Phi) is 9.80. The van der Waals surface area contributed by atoms with E-state index in [0.717, 1.165) is 29.9 Å². The van der Waals surface area contributed by atoms with Gasteiger partial charge in [-0.15, -0.1) is 0 Å². The number of piperidine rings is 1. The Hall–Kier alpha value is -3.34. The highest BCUT2D eigenvalue weighted by atomic mass is 35.5. The first-order chi connectivity index (χ1) is 18.4. The van der Waals surface area contributed by atoms with Crippen molar-refractivity contribution < 1.29 is 28.9 Å². The Labute approximate surface area is 226 Å². The lowest BCUT2D eigenvalue weighted by Gasteiger charge is -2.33. The van der Waals surface area contributed by atoms with Gasteiger partial charge in [-0.3, -0.25) is 9.59 Å². The molecule has 38 heavy (non-hydrogen) atoms. The highest BCUT2D eigenvalue weighted by Gasteiger charge is 2.24. The maximum absolute atomic E-state index is 12.7. The normalized spacial score (nSPS) is 16.9. The van der Waals surface area contributed by atoms with E-state index in [1.54, 1.807) is 48.4 Å². The van der Waals surface area contributed by atoms with Gasteiger partial charge in [0.05, 0.1) is 17.8 Å². The molecule has 1 saturated heterocycles. The molecule has 4 rings (SSSR count). The van der Waals surface area contributed by atoms with Crippen molar-refractivity contribution in [1.82, 2.24) is 15.6 Å². The minimum absolute atomic E-state index is 0.101. The molecule has 2 heterocycles. The number of nitrogens with zero attached hydrogens (tertiary/aromatic N) is 2. The van der Waals surface area contributed by atoms with Crippen molar-refractivity contribution in [3.05, 3.63) is 53.1 Å². The van der Waals surface area contributed by atoms with Gasteiger partial charge in [-0.05, 0) is 60.9 Å². The number of aliphatic hydroxyl groups excluding tert-OH is 1. The second kappa shape index (κ2) is 13.5. The van der Waals surface area contributed by atoms with Crippen LogP contribution in [0.25, 0.3) is 0 Å². The first-order valence-corrected chi connectivity index (χ1v) is 13.0. The van der Waals surface area contributed by atoms with E-state index in [1.165, 1.54) is 0 Å². The number of likely N-dealkylation sites (tertiary alicyclic amines) is 1. The number of halogens is 1. The van der Waals surface area contributed by atoms with E-state index in [2.05, 4.69) is 15.8 Å². The molecule has 0 radical (unpaired) electrons. The van der Waals surface area contributed by atoms with Gasteiger partial charge in [-0.25, -0.2) is 5.43 Å². The molecular formula is C27H33ClN4O6. The second-order valence-electron chi connectivity index (χ2n) is 9.23. The number of benzene rings is 2. The van der Waals surface area contributed by atoms with Crippen LogP contribution < -0.4 is 25.0 Å². The van der Waals surface area contributed by atoms with Crippen molar-refractivity contribution in [2.24, 2.45) is 5.10 Å². The third kappa shape index (κ3) is 7.83. The standard InChI is InChI=1S/C27H33ClN4O6/c1-36-21-3-5-22(6-4-21)37-16-20(33)15-29-19-10-12-32(13-11-19)27(35)17-38-25-8-2-18(14-23(25)28)24-7-9-26(34)31-30-24/h2-6,8,14,19-20,29,33H,7,9-13,15-17H2,1H3,(H,31,34)/t20-/m0/s1. The number of hydrogen-bond donors (Lipinski definition) is 3. The number of carbonyl (C=O) groups excluding carboxylic acids is 2. The summed E-state index contributed by atoms with van der Waals surface area (Å²) in [6.07, 6.45) is 1.85. The van der Waals surface area contributed by atoms with Crippen LogP contribution in [0, 0.1) is 0 Å². The van der Waals surface area contributed by atoms with Crippen molar-refractivity contribution in [3.63, 3.8) is 0 Å². The molecule has 11 heteroatoms. The molecular weight excluding hydrogens is 512 g/mol. The fourth-order valence-electron chi connectivity index (χ4n) is 4.27. The van der Waals surface area contributed by atoms with Crippen molar-refractivity contribution in [3.8, 4) is 17.2 Å². The zero-order valence-electron chi connectivity index (χ0n) is 21.3.